The van der Waals surface area contributed by atoms with Gasteiger partial charge in [-0.2, -0.15) is 5.10 Å². The molecule has 142 valence electrons. The van der Waals surface area contributed by atoms with E-state index in [1.165, 1.54) is 12.7 Å². The van der Waals surface area contributed by atoms with Crippen molar-refractivity contribution in [1.29, 1.82) is 0 Å². The molecule has 0 saturated heterocycles. The molecule has 1 aromatic carbocycles. The van der Waals surface area contributed by atoms with Crippen molar-refractivity contribution in [1.82, 2.24) is 19.5 Å². The van der Waals surface area contributed by atoms with Gasteiger partial charge in [-0.1, -0.05) is 23.7 Å². The number of H-pyrrole nitrogens is 1. The summed E-state index contributed by atoms with van der Waals surface area (Å²) in [4.78, 5) is 11.2. The van der Waals surface area contributed by atoms with E-state index in [2.05, 4.69) is 20.1 Å². The zero-order valence-electron chi connectivity index (χ0n) is 14.1. The van der Waals surface area contributed by atoms with Crippen molar-refractivity contribution < 1.29 is 15.3 Å². The molecule has 27 heavy (non-hydrogen) atoms. The second kappa shape index (κ2) is 6.93. The van der Waals surface area contributed by atoms with Gasteiger partial charge in [-0.3, -0.25) is 0 Å². The van der Waals surface area contributed by atoms with E-state index < -0.39 is 30.3 Å². The van der Waals surface area contributed by atoms with Crippen LogP contribution in [0.25, 0.3) is 11.2 Å². The maximum absolute atomic E-state index is 10.7. The Morgan fingerprint density at radius 3 is 2.67 bits per heavy atom. The maximum atomic E-state index is 10.7. The first-order valence-corrected chi connectivity index (χ1v) is 8.83. The van der Waals surface area contributed by atoms with Gasteiger partial charge in [0.25, 0.3) is 0 Å². The molecular weight excluding hydrogens is 372 g/mol. The number of aliphatic hydroxyl groups is 3. The Balaban J connectivity index is 1.67. The first-order valence-electron chi connectivity index (χ1n) is 8.45. The molecule has 5 atom stereocenters. The molecule has 9 nitrogen and oxygen atoms in total. The van der Waals surface area contributed by atoms with Crippen LogP contribution in [-0.4, -0.2) is 47.0 Å². The molecule has 1 saturated carbocycles. The number of nitrogens with two attached hydrogens (primary N) is 1. The number of nitrogens with one attached hydrogen (secondary N) is 1. The number of fused-ring (bicyclic) bond motifs is 1. The molecule has 0 unspecified atom stereocenters. The van der Waals surface area contributed by atoms with E-state index in [0.717, 1.165) is 0 Å². The highest BCUT2D eigenvalue weighted by Gasteiger charge is 2.46. The van der Waals surface area contributed by atoms with E-state index >= 15 is 0 Å². The van der Waals surface area contributed by atoms with Gasteiger partial charge in [0.1, 0.15) is 11.8 Å². The highest BCUT2D eigenvalue weighted by molar-refractivity contribution is 6.30. The van der Waals surface area contributed by atoms with E-state index in [1.54, 1.807) is 28.8 Å². The number of halogens is 1. The van der Waals surface area contributed by atoms with Gasteiger partial charge in [0.15, 0.2) is 5.52 Å². The smallest absolute Gasteiger partial charge is 0.202 e. The summed E-state index contributed by atoms with van der Waals surface area (Å²) in [5.41, 5.74) is 1.94. The van der Waals surface area contributed by atoms with Crippen LogP contribution in [-0.2, 0) is 0 Å². The van der Waals surface area contributed by atoms with E-state index in [4.69, 9.17) is 17.4 Å². The molecule has 2 aromatic heterocycles. The largest absolute Gasteiger partial charge is 0.390 e. The van der Waals surface area contributed by atoms with Crippen molar-refractivity contribution in [3.63, 3.8) is 0 Å². The number of rotatable bonds is 3. The molecular formula is C17H19ClN6O3. The molecule has 1 aliphatic rings. The van der Waals surface area contributed by atoms with Gasteiger partial charge in [0.05, 0.1) is 30.9 Å². The molecule has 6 N–H and O–H groups in total. The van der Waals surface area contributed by atoms with E-state index in [9.17, 15) is 15.3 Å². The Morgan fingerprint density at radius 1 is 1.22 bits per heavy atom. The topological polar surface area (TPSA) is 146 Å². The Labute approximate surface area is 158 Å². The third-order valence-electron chi connectivity index (χ3n) is 5.19. The quantitative estimate of drug-likeness (QED) is 0.319. The summed E-state index contributed by atoms with van der Waals surface area (Å²) < 4.78 is 1.72. The average molecular weight is 391 g/mol. The third-order valence-corrected chi connectivity index (χ3v) is 5.44. The van der Waals surface area contributed by atoms with Crippen LogP contribution in [0.1, 0.15) is 24.1 Å². The van der Waals surface area contributed by atoms with E-state index in [1.807, 2.05) is 0 Å². The molecule has 4 rings (SSSR count). The van der Waals surface area contributed by atoms with Crippen LogP contribution in [0.5, 0.6) is 0 Å². The van der Waals surface area contributed by atoms with Gasteiger partial charge in [0.2, 0.25) is 5.49 Å². The van der Waals surface area contributed by atoms with Crippen molar-refractivity contribution in [3.05, 3.63) is 53.0 Å². The SMILES string of the molecule is N/N=c1/nc[nH]c2c1ncn2[C@@H]1C[C@H]([C@H](O)c2ccc(Cl)cc2)[C@@H](O)[C@H]1O. The number of hydrogen-bond acceptors (Lipinski definition) is 7. The van der Waals surface area contributed by atoms with Crippen molar-refractivity contribution in [2.24, 2.45) is 16.9 Å². The monoisotopic (exact) mass is 390 g/mol. The summed E-state index contributed by atoms with van der Waals surface area (Å²) in [5.74, 6) is 4.78. The summed E-state index contributed by atoms with van der Waals surface area (Å²) in [7, 11) is 0. The van der Waals surface area contributed by atoms with Crippen molar-refractivity contribution in [2.45, 2.75) is 30.8 Å². The van der Waals surface area contributed by atoms with Gasteiger partial charge >= 0.3 is 0 Å². The molecule has 0 radical (unpaired) electrons. The summed E-state index contributed by atoms with van der Waals surface area (Å²) in [6.45, 7) is 0. The predicted octanol–water partition coefficient (Wildman–Crippen LogP) is 0.204. The van der Waals surface area contributed by atoms with Gasteiger partial charge in [0, 0.05) is 10.9 Å². The normalized spacial score (nSPS) is 27.3. The number of benzene rings is 1. The maximum Gasteiger partial charge on any atom is 0.202 e. The second-order valence-corrected chi connectivity index (χ2v) is 7.09. The zero-order valence-corrected chi connectivity index (χ0v) is 14.9. The van der Waals surface area contributed by atoms with Gasteiger partial charge < -0.3 is 30.7 Å². The van der Waals surface area contributed by atoms with E-state index in [-0.39, 0.29) is 5.49 Å². The highest BCUT2D eigenvalue weighted by atomic mass is 35.5. The summed E-state index contributed by atoms with van der Waals surface area (Å²) in [6, 6.07) is 6.29. The molecule has 0 amide bonds. The van der Waals surface area contributed by atoms with Gasteiger partial charge in [-0.05, 0) is 24.1 Å². The van der Waals surface area contributed by atoms with Crippen LogP contribution in [0.4, 0.5) is 0 Å². The Kier molecular flexibility index (Phi) is 4.60. The van der Waals surface area contributed by atoms with Gasteiger partial charge in [-0.25, -0.2) is 9.97 Å². The minimum Gasteiger partial charge on any atom is -0.390 e. The summed E-state index contributed by atoms with van der Waals surface area (Å²) in [6.07, 6.45) is 0.210. The van der Waals surface area contributed by atoms with Crippen LogP contribution in [0.15, 0.2) is 42.0 Å². The minimum absolute atomic E-state index is 0.272. The lowest BCUT2D eigenvalue weighted by atomic mass is 9.92. The van der Waals surface area contributed by atoms with E-state index in [0.29, 0.717) is 28.2 Å². The number of aromatic nitrogens is 4. The zero-order chi connectivity index (χ0) is 19.1. The summed E-state index contributed by atoms with van der Waals surface area (Å²) in [5, 5.41) is 36.0. The molecule has 1 aliphatic carbocycles. The molecule has 0 aliphatic heterocycles. The minimum atomic E-state index is -1.10. The fraction of sp³-hybridized carbons (Fsp3) is 0.353. The molecule has 0 spiro atoms. The average Bonchev–Trinajstić information content (AvgIpc) is 3.23. The first-order chi connectivity index (χ1) is 13.0. The first kappa shape index (κ1) is 17.9. The number of aromatic amines is 1. The lowest BCUT2D eigenvalue weighted by Gasteiger charge is -2.22. The highest BCUT2D eigenvalue weighted by Crippen LogP contribution is 2.42. The Morgan fingerprint density at radius 2 is 1.96 bits per heavy atom. The lowest BCUT2D eigenvalue weighted by Crippen LogP contribution is -2.31. The van der Waals surface area contributed by atoms with Crippen molar-refractivity contribution in [2.75, 3.05) is 0 Å². The molecule has 3 aromatic rings. The standard InChI is InChI=1S/C17H19ClN6O3/c18-9-3-1-8(2-4-9)13(25)10-5-11(15(27)14(10)26)24-7-22-12-16(23-19)20-6-21-17(12)24/h1-4,6-7,10-11,13-15,25-27H,5,19H2,(H,20,21,23)/t10-,11-,13-,14-,15+/m1/s1. The van der Waals surface area contributed by atoms with Crippen LogP contribution in [0.3, 0.4) is 0 Å². The Hall–Kier alpha value is -2.46. The van der Waals surface area contributed by atoms with Gasteiger partial charge in [-0.15, -0.1) is 0 Å². The number of hydrogen-bond donors (Lipinski definition) is 5. The van der Waals surface area contributed by atoms with Crippen LogP contribution in [0, 0.1) is 5.92 Å². The van der Waals surface area contributed by atoms with Crippen LogP contribution < -0.4 is 11.3 Å². The number of aliphatic hydroxyl groups excluding tert-OH is 3. The van der Waals surface area contributed by atoms with Crippen molar-refractivity contribution >= 4 is 22.8 Å². The molecule has 2 heterocycles. The molecule has 1 fully saturated rings. The Bertz CT molecular complexity index is 1020. The van der Waals surface area contributed by atoms with Crippen LogP contribution in [0.2, 0.25) is 5.02 Å². The van der Waals surface area contributed by atoms with Crippen LogP contribution >= 0.6 is 11.6 Å². The fourth-order valence-electron chi connectivity index (χ4n) is 3.77. The molecule has 0 bridgehead atoms. The second-order valence-electron chi connectivity index (χ2n) is 6.65. The summed E-state index contributed by atoms with van der Waals surface area (Å²) >= 11 is 5.89. The predicted molar refractivity (Wildman–Crippen MR) is 97.2 cm³/mol. The number of nitrogens with zero attached hydrogens (tertiary/aromatic N) is 4. The third kappa shape index (κ3) is 2.98. The lowest BCUT2D eigenvalue weighted by molar-refractivity contribution is -0.0264. The van der Waals surface area contributed by atoms with Crippen molar-refractivity contribution in [3.8, 4) is 0 Å². The molecule has 10 heteroatoms. The number of imidazole rings is 1. The fourth-order valence-corrected chi connectivity index (χ4v) is 3.89.